The Kier molecular flexibility index (Phi) is 10.1. The second kappa shape index (κ2) is 12.6. The van der Waals surface area contributed by atoms with Crippen molar-refractivity contribution in [1.82, 2.24) is 4.90 Å². The van der Waals surface area contributed by atoms with Crippen LogP contribution in [-0.4, -0.2) is 29.6 Å². The molecule has 0 spiro atoms. The van der Waals surface area contributed by atoms with Crippen LogP contribution >= 0.6 is 34.8 Å². The number of aromatic hydroxyl groups is 1. The van der Waals surface area contributed by atoms with Crippen molar-refractivity contribution < 1.29 is 9.90 Å². The lowest BCUT2D eigenvalue weighted by Gasteiger charge is -2.28. The normalized spacial score (nSPS) is 12.8. The van der Waals surface area contributed by atoms with Crippen molar-refractivity contribution >= 4 is 46.5 Å². The van der Waals surface area contributed by atoms with Crippen LogP contribution in [0, 0.1) is 0 Å². The third-order valence-corrected chi connectivity index (χ3v) is 8.16. The number of rotatable bonds is 7. The van der Waals surface area contributed by atoms with Gasteiger partial charge < -0.3 is 15.3 Å². The molecule has 0 saturated heterocycles. The highest BCUT2D eigenvalue weighted by molar-refractivity contribution is 6.42. The molecule has 0 heterocycles. The van der Waals surface area contributed by atoms with E-state index in [1.54, 1.807) is 24.1 Å². The maximum absolute atomic E-state index is 13.2. The van der Waals surface area contributed by atoms with Crippen molar-refractivity contribution in [2.45, 2.75) is 78.1 Å². The number of nitrogens with zero attached hydrogens (tertiary/aromatic N) is 1. The summed E-state index contributed by atoms with van der Waals surface area (Å²) in [6.07, 6.45) is 1.45. The zero-order chi connectivity index (χ0) is 30.0. The average molecular weight is 604 g/mol. The lowest BCUT2D eigenvalue weighted by Crippen LogP contribution is -2.34. The Morgan fingerprint density at radius 3 is 2.02 bits per heavy atom. The number of urea groups is 1. The van der Waals surface area contributed by atoms with Crippen LogP contribution in [0.1, 0.15) is 82.2 Å². The first kappa shape index (κ1) is 32.1. The number of amides is 2. The molecule has 0 bridgehead atoms. The van der Waals surface area contributed by atoms with E-state index in [1.807, 2.05) is 31.2 Å². The van der Waals surface area contributed by atoms with Crippen molar-refractivity contribution in [2.75, 3.05) is 18.9 Å². The third kappa shape index (κ3) is 8.09. The Morgan fingerprint density at radius 2 is 1.48 bits per heavy atom. The van der Waals surface area contributed by atoms with Gasteiger partial charge in [0.2, 0.25) is 0 Å². The number of benzene rings is 3. The van der Waals surface area contributed by atoms with Crippen LogP contribution in [-0.2, 0) is 23.7 Å². The van der Waals surface area contributed by atoms with E-state index in [2.05, 4.69) is 59.0 Å². The largest absolute Gasteiger partial charge is 0.507 e. The van der Waals surface area contributed by atoms with E-state index in [4.69, 9.17) is 34.8 Å². The summed E-state index contributed by atoms with van der Waals surface area (Å²) in [6.45, 7) is 15.2. The minimum Gasteiger partial charge on any atom is -0.507 e. The lowest BCUT2D eigenvalue weighted by atomic mass is 9.78. The summed E-state index contributed by atoms with van der Waals surface area (Å²) in [5, 5.41) is 15.7. The first-order valence-electron chi connectivity index (χ1n) is 13.6. The van der Waals surface area contributed by atoms with Gasteiger partial charge in [0.15, 0.2) is 0 Å². The number of hydrogen-bond donors (Lipinski definition) is 2. The highest BCUT2D eigenvalue weighted by Crippen LogP contribution is 2.40. The van der Waals surface area contributed by atoms with Crippen LogP contribution in [0.5, 0.6) is 5.75 Å². The number of carbonyl (C=O) groups excluding carboxylic acids is 1. The number of anilines is 1. The summed E-state index contributed by atoms with van der Waals surface area (Å²) >= 11 is 18.6. The fourth-order valence-corrected chi connectivity index (χ4v) is 5.25. The molecule has 0 radical (unpaired) electrons. The van der Waals surface area contributed by atoms with Gasteiger partial charge in [0.1, 0.15) is 5.75 Å². The van der Waals surface area contributed by atoms with Gasteiger partial charge in [-0.05, 0) is 81.7 Å². The second-order valence-corrected chi connectivity index (χ2v) is 14.0. The molecule has 0 saturated carbocycles. The van der Waals surface area contributed by atoms with Gasteiger partial charge in [-0.2, -0.15) is 0 Å². The van der Waals surface area contributed by atoms with Crippen LogP contribution in [0.25, 0.3) is 0 Å². The molecule has 0 aliphatic carbocycles. The molecule has 0 aromatic heterocycles. The molecular formula is C33H41Cl3N2O2. The van der Waals surface area contributed by atoms with Crippen LogP contribution in [0.4, 0.5) is 10.5 Å². The topological polar surface area (TPSA) is 52.6 Å². The van der Waals surface area contributed by atoms with Gasteiger partial charge in [-0.25, -0.2) is 4.79 Å². The standard InChI is InChI=1S/C33H41Cl3N2O2/c1-20(23-12-14-27(35)28(36)17-23)19-38(8)31(40)37-29-18-24(34)13-11-22(29)10-9-21-15-25(32(2,3)4)30(39)26(16-21)33(5,6)7/h11-18,20,39H,9-10,19H2,1-8H3,(H,37,40). The van der Waals surface area contributed by atoms with E-state index in [0.717, 1.165) is 34.2 Å². The van der Waals surface area contributed by atoms with E-state index in [1.165, 1.54) is 0 Å². The number of carbonyl (C=O) groups is 1. The van der Waals surface area contributed by atoms with Gasteiger partial charge in [-0.15, -0.1) is 0 Å². The molecule has 40 heavy (non-hydrogen) atoms. The van der Waals surface area contributed by atoms with E-state index >= 15 is 0 Å². The van der Waals surface area contributed by atoms with Crippen molar-refractivity contribution in [2.24, 2.45) is 0 Å². The first-order valence-corrected chi connectivity index (χ1v) is 14.7. The van der Waals surface area contributed by atoms with Gasteiger partial charge >= 0.3 is 6.03 Å². The fourth-order valence-electron chi connectivity index (χ4n) is 4.77. The van der Waals surface area contributed by atoms with E-state index in [-0.39, 0.29) is 22.8 Å². The van der Waals surface area contributed by atoms with Crippen molar-refractivity contribution in [3.05, 3.63) is 91.4 Å². The molecule has 0 fully saturated rings. The lowest BCUT2D eigenvalue weighted by molar-refractivity contribution is 0.220. The van der Waals surface area contributed by atoms with Crippen molar-refractivity contribution in [3.8, 4) is 5.75 Å². The second-order valence-electron chi connectivity index (χ2n) is 12.7. The molecule has 7 heteroatoms. The quantitative estimate of drug-likeness (QED) is 0.282. The first-order chi connectivity index (χ1) is 18.5. The fraction of sp³-hybridized carbons (Fsp3) is 0.424. The van der Waals surface area contributed by atoms with Crippen molar-refractivity contribution in [1.29, 1.82) is 0 Å². The minimum absolute atomic E-state index is 0.0628. The van der Waals surface area contributed by atoms with Gasteiger partial charge in [0.05, 0.1) is 10.0 Å². The van der Waals surface area contributed by atoms with Gasteiger partial charge in [0.25, 0.3) is 0 Å². The highest BCUT2D eigenvalue weighted by Gasteiger charge is 2.26. The molecule has 0 aliphatic heterocycles. The molecule has 3 rings (SSSR count). The predicted molar refractivity (Wildman–Crippen MR) is 171 cm³/mol. The number of halogens is 3. The Morgan fingerprint density at radius 1 is 0.875 bits per heavy atom. The predicted octanol–water partition coefficient (Wildman–Crippen LogP) is 10.00. The number of phenols is 1. The van der Waals surface area contributed by atoms with Crippen LogP contribution in [0.3, 0.4) is 0 Å². The van der Waals surface area contributed by atoms with E-state index < -0.39 is 0 Å². The molecular weight excluding hydrogens is 563 g/mol. The zero-order valence-electron chi connectivity index (χ0n) is 24.8. The monoisotopic (exact) mass is 602 g/mol. The van der Waals surface area contributed by atoms with Gasteiger partial charge in [-0.1, -0.05) is 108 Å². The minimum atomic E-state index is -0.218. The molecule has 4 nitrogen and oxygen atoms in total. The van der Waals surface area contributed by atoms with Crippen LogP contribution < -0.4 is 5.32 Å². The maximum atomic E-state index is 13.2. The van der Waals surface area contributed by atoms with E-state index in [9.17, 15) is 9.90 Å². The molecule has 1 atom stereocenters. The van der Waals surface area contributed by atoms with Gasteiger partial charge in [-0.3, -0.25) is 0 Å². The molecule has 3 aromatic carbocycles. The summed E-state index contributed by atoms with van der Waals surface area (Å²) in [5.41, 5.74) is 5.33. The Balaban J connectivity index is 1.79. The molecule has 1 unspecified atom stereocenters. The molecule has 0 aliphatic rings. The summed E-state index contributed by atoms with van der Waals surface area (Å²) in [4.78, 5) is 14.8. The van der Waals surface area contributed by atoms with Crippen LogP contribution in [0.15, 0.2) is 48.5 Å². The smallest absolute Gasteiger partial charge is 0.321 e. The molecule has 2 N–H and O–H groups in total. The summed E-state index contributed by atoms with van der Waals surface area (Å²) < 4.78 is 0. The number of nitrogens with one attached hydrogen (secondary N) is 1. The molecule has 2 amide bonds. The SMILES string of the molecule is CC(CN(C)C(=O)Nc1cc(Cl)ccc1CCc1cc(C(C)(C)C)c(O)c(C(C)(C)C)c1)c1ccc(Cl)c(Cl)c1. The van der Waals surface area contributed by atoms with E-state index in [0.29, 0.717) is 39.5 Å². The molecule has 216 valence electrons. The summed E-state index contributed by atoms with van der Waals surface area (Å²) in [5.74, 6) is 0.439. The van der Waals surface area contributed by atoms with Gasteiger partial charge in [0, 0.05) is 24.3 Å². The Labute approximate surface area is 254 Å². The average Bonchev–Trinajstić information content (AvgIpc) is 2.84. The molecule has 3 aromatic rings. The van der Waals surface area contributed by atoms with Crippen molar-refractivity contribution in [3.63, 3.8) is 0 Å². The number of phenolic OH excluding ortho intramolecular Hbond substituents is 1. The number of likely N-dealkylation sites (N-methyl/N-ethyl adjacent to an activating group) is 1. The Bertz CT molecular complexity index is 1340. The summed E-state index contributed by atoms with van der Waals surface area (Å²) in [7, 11) is 1.77. The summed E-state index contributed by atoms with van der Waals surface area (Å²) in [6, 6.07) is 15.2. The van der Waals surface area contributed by atoms with Crippen LogP contribution in [0.2, 0.25) is 15.1 Å². The number of hydrogen-bond acceptors (Lipinski definition) is 2. The Hall–Kier alpha value is -2.40. The zero-order valence-corrected chi connectivity index (χ0v) is 27.0. The third-order valence-electron chi connectivity index (χ3n) is 7.19. The number of aryl methyl sites for hydroxylation is 2. The maximum Gasteiger partial charge on any atom is 0.321 e. The highest BCUT2D eigenvalue weighted by atomic mass is 35.5.